The number of amides is 9. The van der Waals surface area contributed by atoms with Crippen LogP contribution in [0.15, 0.2) is 159 Å². The van der Waals surface area contributed by atoms with Gasteiger partial charge in [-0.3, -0.25) is 29.1 Å². The molecule has 35 heteroatoms. The molecule has 12 aromatic rings. The molecule has 6 aromatic heterocycles. The number of anilines is 14. The number of methoxy groups -OCH3 is 1. The second-order valence-electron chi connectivity index (χ2n) is 29.5. The maximum Gasteiger partial charge on any atom is 0.332 e. The monoisotopic (exact) mass is 1690 g/mol. The second kappa shape index (κ2) is 35.6. The van der Waals surface area contributed by atoms with E-state index in [0.29, 0.717) is 151 Å². The number of halogens is 1. The first-order valence-electron chi connectivity index (χ1n) is 39.7. The number of likely N-dealkylation sites (tertiary alicyclic amines) is 1. The molecular weight excluding hydrogens is 1610 g/mol. The van der Waals surface area contributed by atoms with Crippen LogP contribution >= 0.6 is 45.6 Å². The normalized spacial score (nSPS) is 16.9. The highest BCUT2D eigenvalue weighted by atomic mass is 35.5. The van der Waals surface area contributed by atoms with Crippen LogP contribution < -0.4 is 61.1 Å². The highest BCUT2D eigenvalue weighted by Crippen LogP contribution is 2.49. The predicted molar refractivity (Wildman–Crippen MR) is 467 cm³/mol. The van der Waals surface area contributed by atoms with Gasteiger partial charge in [0.05, 0.1) is 115 Å². The van der Waals surface area contributed by atoms with Gasteiger partial charge in [-0.05, 0) is 146 Å². The molecule has 0 atom stereocenters. The number of carbonyl (C=O) groups excluding carboxylic acids is 6. The number of urea groups is 3. The smallest absolute Gasteiger partial charge is 0.332 e. The average Bonchev–Trinajstić information content (AvgIpc) is 1.59. The summed E-state index contributed by atoms with van der Waals surface area (Å²) >= 11 is 9.98. The van der Waals surface area contributed by atoms with E-state index < -0.39 is 6.03 Å². The van der Waals surface area contributed by atoms with Crippen molar-refractivity contribution in [3.63, 3.8) is 0 Å². The number of morpholine rings is 4. The summed E-state index contributed by atoms with van der Waals surface area (Å²) < 4.78 is 27.0. The van der Waals surface area contributed by atoms with Crippen LogP contribution in [0.2, 0.25) is 5.02 Å². The average molecular weight is 1690 g/mol. The zero-order chi connectivity index (χ0) is 81.7. The Morgan fingerprint density at radius 2 is 0.700 bits per heavy atom. The van der Waals surface area contributed by atoms with E-state index in [9.17, 15) is 28.8 Å². The Labute approximate surface area is 706 Å². The fourth-order valence-electron chi connectivity index (χ4n) is 15.7. The van der Waals surface area contributed by atoms with Gasteiger partial charge < -0.3 is 65.4 Å². The Bertz CT molecular complexity index is 5580. The van der Waals surface area contributed by atoms with Crippen LogP contribution in [-0.4, -0.2) is 206 Å². The Morgan fingerprint density at radius 3 is 1.03 bits per heavy atom. The molecule has 120 heavy (non-hydrogen) atoms. The predicted octanol–water partition coefficient (Wildman–Crippen LogP) is 14.9. The van der Waals surface area contributed by atoms with Gasteiger partial charge in [-0.2, -0.15) is 0 Å². The van der Waals surface area contributed by atoms with Crippen molar-refractivity contribution < 1.29 is 52.5 Å². The summed E-state index contributed by atoms with van der Waals surface area (Å²) in [5.41, 5.74) is 10.9. The molecule has 0 saturated carbocycles. The van der Waals surface area contributed by atoms with Gasteiger partial charge in [-0.25, -0.2) is 59.0 Å². The lowest BCUT2D eigenvalue weighted by molar-refractivity contribution is 0.0341. The van der Waals surface area contributed by atoms with E-state index in [4.69, 9.17) is 35.3 Å². The summed E-state index contributed by atoms with van der Waals surface area (Å²) in [4.78, 5) is 126. The Kier molecular flexibility index (Phi) is 23.5. The molecule has 6 N–H and O–H groups in total. The topological polar surface area (TPSA) is 324 Å². The van der Waals surface area contributed by atoms with Crippen molar-refractivity contribution in [1.82, 2.24) is 44.6 Å². The number of hydrogen-bond donors (Lipinski definition) is 6. The highest BCUT2D eigenvalue weighted by molar-refractivity contribution is 7.22. The third-order valence-electron chi connectivity index (χ3n) is 21.8. The lowest BCUT2D eigenvalue weighted by atomic mass is 10.1. The van der Waals surface area contributed by atoms with Crippen molar-refractivity contribution in [2.75, 3.05) is 182 Å². The number of ether oxygens (including phenoxy) is 5. The molecule has 0 spiro atoms. The number of piperidine rings is 1. The van der Waals surface area contributed by atoms with Gasteiger partial charge in [0.2, 0.25) is 0 Å². The van der Waals surface area contributed by atoms with E-state index in [1.54, 1.807) is 18.2 Å². The number of rotatable bonds is 18. The van der Waals surface area contributed by atoms with Gasteiger partial charge in [0, 0.05) is 100 Å². The van der Waals surface area contributed by atoms with Gasteiger partial charge in [0.15, 0.2) is 17.5 Å². The first-order chi connectivity index (χ1) is 58.8. The largest absolute Gasteiger partial charge is 0.495 e. The summed E-state index contributed by atoms with van der Waals surface area (Å²) in [7, 11) is 1.52. The molecule has 8 aliphatic rings. The minimum absolute atomic E-state index is 0.290. The van der Waals surface area contributed by atoms with E-state index in [0.717, 1.165) is 128 Å². The number of nitrogens with zero attached hydrogens (tertiary/aromatic N) is 14. The first kappa shape index (κ1) is 79.2. The fraction of sp³-hybridized carbons (Fsp3) is 0.294. The van der Waals surface area contributed by atoms with Crippen LogP contribution in [0.5, 0.6) is 5.75 Å². The van der Waals surface area contributed by atoms with Crippen LogP contribution in [0.1, 0.15) is 65.0 Å². The van der Waals surface area contributed by atoms with Crippen molar-refractivity contribution >= 4 is 192 Å². The summed E-state index contributed by atoms with van der Waals surface area (Å²) in [6.07, 6.45) is 8.08. The van der Waals surface area contributed by atoms with E-state index in [1.165, 1.54) is 105 Å². The molecule has 31 nitrogen and oxygen atoms in total. The zero-order valence-corrected chi connectivity index (χ0v) is 68.5. The highest BCUT2D eigenvalue weighted by Gasteiger charge is 2.38. The molecule has 0 unspecified atom stereocenters. The zero-order valence-electron chi connectivity index (χ0n) is 65.3. The summed E-state index contributed by atoms with van der Waals surface area (Å²) in [6, 6.07) is 43.1. The molecule has 6 aromatic carbocycles. The van der Waals surface area contributed by atoms with Crippen molar-refractivity contribution in [3.8, 4) is 5.75 Å². The maximum atomic E-state index is 13.4. The third kappa shape index (κ3) is 16.9. The molecule has 9 amide bonds. The van der Waals surface area contributed by atoms with Crippen molar-refractivity contribution in [2.45, 2.75) is 38.9 Å². The van der Waals surface area contributed by atoms with Gasteiger partial charge in [-0.15, -0.1) is 34.0 Å². The molecule has 0 bridgehead atoms. The van der Waals surface area contributed by atoms with Gasteiger partial charge in [0.25, 0.3) is 17.7 Å². The summed E-state index contributed by atoms with van der Waals surface area (Å²) in [5.74, 6) is 0.847. The molecule has 8 aliphatic heterocycles. The van der Waals surface area contributed by atoms with E-state index in [1.807, 2.05) is 109 Å². The van der Waals surface area contributed by atoms with Gasteiger partial charge >= 0.3 is 18.1 Å². The van der Waals surface area contributed by atoms with Crippen LogP contribution in [0.25, 0.3) is 30.6 Å². The molecule has 0 radical (unpaired) electrons. The second-order valence-corrected chi connectivity index (χ2v) is 32.9. The lowest BCUT2D eigenvalue weighted by Gasteiger charge is -2.30. The van der Waals surface area contributed by atoms with E-state index in [2.05, 4.69) is 98.4 Å². The Balaban J connectivity index is 0.000000124. The SMILES string of the molecule is COc1ccc(N2C(=O)Nc3c(C(=O)Nc4ccc(CN5CCOCC5)cc4)sc4ncnc2c34)cc1Cl.O=C(Nc1ccc(CN2CCCCC2)cc1)c1sc2ncnc3c2c1NC(=O)N3c1ccc(N2CCOCC2)cc1.O=C(Nc1ccc(CN2CCOCC2)cc1)c1sc2ncnc3c2c1NC(=O)N3c1ccc(N2CCOCC2)cc1. The number of nitrogens with one attached hydrogen (secondary N) is 6. The van der Waals surface area contributed by atoms with Crippen molar-refractivity contribution in [2.24, 2.45) is 0 Å². The minimum atomic E-state index is -0.460. The molecule has 5 saturated heterocycles. The minimum Gasteiger partial charge on any atom is -0.495 e. The quantitative estimate of drug-likeness (QED) is 0.0465. The standard InChI is InChI=1S/C30H31N7O3S.C29H29N7O4S.C26H23ClN6O4S/c38-28(33-21-6-4-20(5-7-21)18-35-12-2-1-3-13-35)26-25-24-27(31-19-32-29(24)41-26)37(30(39)34-25)23-10-8-22(9-11-23)36-14-16-40-17-15-36;37-27(32-20-3-1-19(2-4-20)17-34-9-13-39-14-10-34)25-24-23-26(30-18-31-28(23)41-25)36(29(38)33-24)22-7-5-21(6-8-22)35-11-15-40-16-12-35;1-36-19-7-6-17(12-18(19)27)33-23-20-21(31-26(33)35)22(38-25(20)29-14-28-23)24(34)30-16-4-2-15(3-5-16)13-32-8-10-37-11-9-32/h4-11,19H,1-3,12-18H2,(H,33,38)(H,34,39);1-8,18H,9-17H2,(H,32,37)(H,33,38);2-7,12,14H,8-11,13H2,1H3,(H,30,34)(H,31,35). The van der Waals surface area contributed by atoms with Crippen LogP contribution in [-0.2, 0) is 38.6 Å². The Hall–Kier alpha value is -11.9. The summed E-state index contributed by atoms with van der Waals surface area (Å²) in [6.45, 7) is 17.7. The molecule has 5 fully saturated rings. The number of aromatic nitrogens is 6. The molecule has 20 rings (SSSR count). The fourth-order valence-corrected chi connectivity index (χ4v) is 18.9. The molecule has 14 heterocycles. The first-order valence-corrected chi connectivity index (χ1v) is 42.5. The lowest BCUT2D eigenvalue weighted by Crippen LogP contribution is -2.36. The number of carbonyl (C=O) groups is 6. The van der Waals surface area contributed by atoms with Crippen LogP contribution in [0.4, 0.5) is 94.4 Å². The number of benzene rings is 6. The van der Waals surface area contributed by atoms with Gasteiger partial charge in [0.1, 0.15) is 53.9 Å². The van der Waals surface area contributed by atoms with Crippen molar-refractivity contribution in [3.05, 3.63) is 195 Å². The summed E-state index contributed by atoms with van der Waals surface area (Å²) in [5, 5.41) is 19.9. The van der Waals surface area contributed by atoms with Gasteiger partial charge in [-0.1, -0.05) is 54.4 Å². The Morgan fingerprint density at radius 1 is 0.392 bits per heavy atom. The molecule has 614 valence electrons. The molecule has 0 aliphatic carbocycles. The molecular formula is C85H83ClN20O11S3. The number of thiophene rings is 3. The van der Waals surface area contributed by atoms with E-state index in [-0.39, 0.29) is 29.8 Å². The van der Waals surface area contributed by atoms with Crippen LogP contribution in [0.3, 0.4) is 0 Å². The van der Waals surface area contributed by atoms with E-state index >= 15 is 0 Å². The van der Waals surface area contributed by atoms with Crippen LogP contribution in [0, 0.1) is 0 Å². The van der Waals surface area contributed by atoms with Crippen molar-refractivity contribution in [1.29, 1.82) is 0 Å². The number of hydrogen-bond acceptors (Lipinski definition) is 25. The third-order valence-corrected chi connectivity index (χ3v) is 25.4. The maximum absolute atomic E-state index is 13.4.